The summed E-state index contributed by atoms with van der Waals surface area (Å²) in [5.41, 5.74) is -2.20. The maximum absolute atomic E-state index is 13.8. The van der Waals surface area contributed by atoms with Crippen molar-refractivity contribution in [3.05, 3.63) is 0 Å². The number of carbonyl (C=O) groups excluding carboxylic acids is 3. The van der Waals surface area contributed by atoms with E-state index in [0.29, 0.717) is 45.6 Å². The second-order valence-corrected chi connectivity index (χ2v) is 14.9. The SMILES string of the molecule is CC[C@H]1OC(=O)O[C@@]1(C)[C@@H]1OC(=O)[C@H](C)[C@@H](O)[C@H](C)[C@@H](O[C@@H]2OC(C)CC(N3CCOCC3)C2OC(C)=O)[C@@]2(C)CC(C)C(O2)[C@@H]1C. The molecule has 0 aromatic heterocycles. The number of cyclic esters (lactones) is 3. The second kappa shape index (κ2) is 14.1. The predicted molar refractivity (Wildman–Crippen MR) is 166 cm³/mol. The van der Waals surface area contributed by atoms with Gasteiger partial charge in [0.1, 0.15) is 12.2 Å². The fourth-order valence-electron chi connectivity index (χ4n) is 8.88. The second-order valence-electron chi connectivity index (χ2n) is 14.9. The Bertz CT molecular complexity index is 1150. The Morgan fingerprint density at radius 2 is 1.72 bits per heavy atom. The molecule has 5 aliphatic heterocycles. The number of nitrogens with zero attached hydrogens (tertiary/aromatic N) is 1. The minimum absolute atomic E-state index is 0.0262. The Balaban J connectivity index is 1.51. The first-order chi connectivity index (χ1) is 22.1. The molecule has 15 atom stereocenters. The lowest BCUT2D eigenvalue weighted by Gasteiger charge is -2.48. The summed E-state index contributed by atoms with van der Waals surface area (Å²) in [4.78, 5) is 40.9. The molecule has 2 bridgehead atoms. The summed E-state index contributed by atoms with van der Waals surface area (Å²) in [5, 5.41) is 11.8. The van der Waals surface area contributed by atoms with Crippen LogP contribution in [0.15, 0.2) is 0 Å². The Kier molecular flexibility index (Phi) is 10.9. The fourth-order valence-corrected chi connectivity index (χ4v) is 8.88. The van der Waals surface area contributed by atoms with Crippen LogP contribution in [0.2, 0.25) is 0 Å². The summed E-state index contributed by atoms with van der Waals surface area (Å²) in [6.07, 6.45) is -4.98. The van der Waals surface area contributed by atoms with Gasteiger partial charge in [-0.2, -0.15) is 0 Å². The van der Waals surface area contributed by atoms with E-state index < -0.39 is 90.0 Å². The maximum atomic E-state index is 13.8. The van der Waals surface area contributed by atoms with Gasteiger partial charge < -0.3 is 43.0 Å². The first-order valence-corrected chi connectivity index (χ1v) is 17.4. The third-order valence-electron chi connectivity index (χ3n) is 11.2. The number of carbonyl (C=O) groups is 3. The number of hydrogen-bond donors (Lipinski definition) is 1. The van der Waals surface area contributed by atoms with Crippen molar-refractivity contribution in [3.8, 4) is 0 Å². The highest BCUT2D eigenvalue weighted by Gasteiger charge is 2.61. The van der Waals surface area contributed by atoms with E-state index in [4.69, 9.17) is 37.9 Å². The first kappa shape index (κ1) is 36.3. The van der Waals surface area contributed by atoms with Crippen LogP contribution in [0.5, 0.6) is 0 Å². The van der Waals surface area contributed by atoms with E-state index in [9.17, 15) is 19.5 Å². The molecule has 5 fully saturated rings. The normalized spacial score (nSPS) is 48.2. The van der Waals surface area contributed by atoms with Crippen molar-refractivity contribution < 1.29 is 57.4 Å². The van der Waals surface area contributed by atoms with Crippen LogP contribution in [0.3, 0.4) is 0 Å². The zero-order valence-electron chi connectivity index (χ0n) is 29.3. The smallest absolute Gasteiger partial charge is 0.457 e. The van der Waals surface area contributed by atoms with Crippen molar-refractivity contribution >= 4 is 18.1 Å². The minimum Gasteiger partial charge on any atom is -0.457 e. The van der Waals surface area contributed by atoms with Gasteiger partial charge in [0.25, 0.3) is 0 Å². The quantitative estimate of drug-likeness (QED) is 0.326. The van der Waals surface area contributed by atoms with Gasteiger partial charge in [-0.15, -0.1) is 0 Å². The zero-order chi connectivity index (χ0) is 34.4. The van der Waals surface area contributed by atoms with Crippen molar-refractivity contribution in [2.75, 3.05) is 26.3 Å². The molecule has 5 heterocycles. The Morgan fingerprint density at radius 3 is 2.36 bits per heavy atom. The molecular weight excluding hydrogens is 614 g/mol. The van der Waals surface area contributed by atoms with Gasteiger partial charge in [-0.1, -0.05) is 27.7 Å². The molecule has 0 saturated carbocycles. The number of rotatable bonds is 6. The van der Waals surface area contributed by atoms with E-state index in [1.54, 1.807) is 13.8 Å². The summed E-state index contributed by atoms with van der Waals surface area (Å²) in [6, 6.07) is -0.165. The Labute approximate surface area is 278 Å². The predicted octanol–water partition coefficient (Wildman–Crippen LogP) is 3.22. The van der Waals surface area contributed by atoms with E-state index >= 15 is 0 Å². The summed E-state index contributed by atoms with van der Waals surface area (Å²) in [7, 11) is 0. The largest absolute Gasteiger partial charge is 0.509 e. The number of hydrogen-bond acceptors (Lipinski definition) is 13. The number of aliphatic hydroxyl groups excluding tert-OH is 1. The molecule has 0 spiro atoms. The van der Waals surface area contributed by atoms with Crippen molar-refractivity contribution in [1.29, 1.82) is 0 Å². The van der Waals surface area contributed by atoms with E-state index in [-0.39, 0.29) is 18.1 Å². The number of aliphatic hydroxyl groups is 1. The van der Waals surface area contributed by atoms with Crippen molar-refractivity contribution in [1.82, 2.24) is 4.90 Å². The van der Waals surface area contributed by atoms with Gasteiger partial charge >= 0.3 is 18.1 Å². The summed E-state index contributed by atoms with van der Waals surface area (Å²) in [6.45, 7) is 18.9. The van der Waals surface area contributed by atoms with Crippen LogP contribution >= 0.6 is 0 Å². The molecular formula is C34H55NO12. The highest BCUT2D eigenvalue weighted by atomic mass is 16.8. The lowest BCUT2D eigenvalue weighted by Crippen LogP contribution is -2.62. The molecule has 47 heavy (non-hydrogen) atoms. The van der Waals surface area contributed by atoms with Crippen LogP contribution in [0.1, 0.15) is 81.6 Å². The number of esters is 2. The summed E-state index contributed by atoms with van der Waals surface area (Å²) < 4.78 is 49.2. The van der Waals surface area contributed by atoms with Crippen LogP contribution in [0.4, 0.5) is 4.79 Å². The molecule has 0 radical (unpaired) electrons. The monoisotopic (exact) mass is 669 g/mol. The average molecular weight is 670 g/mol. The third-order valence-corrected chi connectivity index (χ3v) is 11.2. The fraction of sp³-hybridized carbons (Fsp3) is 0.912. The number of fused-ring (bicyclic) bond motifs is 2. The van der Waals surface area contributed by atoms with Gasteiger partial charge in [0.2, 0.25) is 0 Å². The van der Waals surface area contributed by atoms with Gasteiger partial charge in [0.05, 0.1) is 55.2 Å². The van der Waals surface area contributed by atoms with E-state index in [1.807, 2.05) is 34.6 Å². The van der Waals surface area contributed by atoms with Crippen molar-refractivity contribution in [3.63, 3.8) is 0 Å². The van der Waals surface area contributed by atoms with Gasteiger partial charge in [-0.25, -0.2) is 4.79 Å². The molecule has 0 aromatic carbocycles. The Hall–Kier alpha value is -2.03. The molecule has 13 heteroatoms. The molecule has 5 rings (SSSR count). The van der Waals surface area contributed by atoms with Crippen molar-refractivity contribution in [2.24, 2.45) is 23.7 Å². The highest BCUT2D eigenvalue weighted by Crippen LogP contribution is 2.49. The van der Waals surface area contributed by atoms with Gasteiger partial charge in [0, 0.05) is 31.8 Å². The Morgan fingerprint density at radius 1 is 1.04 bits per heavy atom. The number of ether oxygens (including phenoxy) is 8. The van der Waals surface area contributed by atoms with E-state index in [0.717, 1.165) is 0 Å². The molecule has 13 nitrogen and oxygen atoms in total. The number of morpholine rings is 1. The molecule has 0 aromatic rings. The van der Waals surface area contributed by atoms with Crippen LogP contribution in [0, 0.1) is 23.7 Å². The summed E-state index contributed by atoms with van der Waals surface area (Å²) >= 11 is 0. The first-order valence-electron chi connectivity index (χ1n) is 17.4. The van der Waals surface area contributed by atoms with E-state index in [2.05, 4.69) is 11.8 Å². The highest BCUT2D eigenvalue weighted by molar-refractivity contribution is 5.73. The minimum atomic E-state index is -1.26. The van der Waals surface area contributed by atoms with Gasteiger partial charge in [-0.05, 0) is 52.9 Å². The lowest BCUT2D eigenvalue weighted by atomic mass is 9.76. The molecule has 5 saturated heterocycles. The third kappa shape index (κ3) is 7.03. The van der Waals surface area contributed by atoms with Crippen LogP contribution in [-0.2, 0) is 47.5 Å². The molecule has 0 aliphatic carbocycles. The van der Waals surface area contributed by atoms with Crippen molar-refractivity contribution in [2.45, 2.75) is 148 Å². The van der Waals surface area contributed by atoms with Crippen LogP contribution in [0.25, 0.3) is 0 Å². The average Bonchev–Trinajstić information content (AvgIpc) is 3.51. The maximum Gasteiger partial charge on any atom is 0.509 e. The molecule has 5 unspecified atom stereocenters. The van der Waals surface area contributed by atoms with Gasteiger partial charge in [0.15, 0.2) is 18.0 Å². The summed E-state index contributed by atoms with van der Waals surface area (Å²) in [5.74, 6) is -3.11. The van der Waals surface area contributed by atoms with E-state index in [1.165, 1.54) is 6.92 Å². The topological polar surface area (TPSA) is 149 Å². The van der Waals surface area contributed by atoms with Crippen LogP contribution < -0.4 is 0 Å². The lowest BCUT2D eigenvalue weighted by molar-refractivity contribution is -0.305. The zero-order valence-corrected chi connectivity index (χ0v) is 29.3. The molecule has 268 valence electrons. The van der Waals surface area contributed by atoms with Gasteiger partial charge in [-0.3, -0.25) is 14.5 Å². The standard InChI is InChI=1S/C34H55NO12/c1-10-24-34(9,47-32(39)43-24)29-21(6)26-17(2)16-33(8,46-26)28(19(4)25(37)20(5)30(38)44-29)45-31-27(42-22(7)36)23(15-18(3)41-31)35-11-13-40-14-12-35/h17-21,23-29,31,37H,10-16H2,1-9H3/t17?,18?,19-,20+,21-,23?,24+,25-,26?,27?,28+,29+,31-,33+,34+/m0/s1. The molecule has 1 N–H and O–H groups in total. The molecule has 5 aliphatic rings. The van der Waals surface area contributed by atoms with Crippen LogP contribution in [-0.4, -0.2) is 121 Å². The molecule has 0 amide bonds.